The molecule has 0 N–H and O–H groups in total. The fourth-order valence-electron chi connectivity index (χ4n) is 2.03. The molecule has 0 radical (unpaired) electrons. The normalized spacial score (nSPS) is 11.4. The molecular weight excluding hydrogens is 275 g/mol. The van der Waals surface area contributed by atoms with E-state index in [1.165, 1.54) is 6.07 Å². The van der Waals surface area contributed by atoms with Crippen molar-refractivity contribution in [2.45, 2.75) is 32.8 Å². The van der Waals surface area contributed by atoms with Crippen LogP contribution in [-0.4, -0.2) is 0 Å². The minimum atomic E-state index is -0.342. The summed E-state index contributed by atoms with van der Waals surface area (Å²) in [5.74, 6) is 0.421. The van der Waals surface area contributed by atoms with E-state index >= 15 is 0 Å². The minimum Gasteiger partial charge on any atom is -0.488 e. The first-order valence-corrected chi connectivity index (χ1v) is 6.92. The van der Waals surface area contributed by atoms with Crippen LogP contribution >= 0.6 is 11.6 Å². The molecule has 0 fully saturated rings. The zero-order valence-electron chi connectivity index (χ0n) is 11.9. The molecule has 20 heavy (non-hydrogen) atoms. The molecule has 0 aromatic heterocycles. The van der Waals surface area contributed by atoms with Crippen molar-refractivity contribution in [2.24, 2.45) is 0 Å². The van der Waals surface area contributed by atoms with E-state index in [4.69, 9.17) is 16.3 Å². The molecule has 0 saturated carbocycles. The maximum atomic E-state index is 13.7. The summed E-state index contributed by atoms with van der Waals surface area (Å²) >= 11 is 6.01. The van der Waals surface area contributed by atoms with Gasteiger partial charge in [0.05, 0.1) is 5.02 Å². The summed E-state index contributed by atoms with van der Waals surface area (Å²) in [5.41, 5.74) is 1.45. The molecule has 3 heteroatoms. The quantitative estimate of drug-likeness (QED) is 0.740. The van der Waals surface area contributed by atoms with Gasteiger partial charge in [0.2, 0.25) is 0 Å². The lowest BCUT2D eigenvalue weighted by atomic mass is 9.86. The second kappa shape index (κ2) is 5.84. The van der Waals surface area contributed by atoms with E-state index in [-0.39, 0.29) is 17.8 Å². The first-order valence-electron chi connectivity index (χ1n) is 6.55. The van der Waals surface area contributed by atoms with Crippen LogP contribution < -0.4 is 4.74 Å². The second-order valence-corrected chi connectivity index (χ2v) is 6.14. The zero-order chi connectivity index (χ0) is 14.8. The summed E-state index contributed by atoms with van der Waals surface area (Å²) in [6.07, 6.45) is 0. The predicted octanol–water partition coefficient (Wildman–Crippen LogP) is 5.36. The average molecular weight is 293 g/mol. The van der Waals surface area contributed by atoms with Gasteiger partial charge in [-0.2, -0.15) is 0 Å². The van der Waals surface area contributed by atoms with E-state index in [0.29, 0.717) is 10.6 Å². The highest BCUT2D eigenvalue weighted by molar-refractivity contribution is 6.31. The van der Waals surface area contributed by atoms with Crippen molar-refractivity contribution < 1.29 is 9.13 Å². The van der Waals surface area contributed by atoms with Crippen molar-refractivity contribution in [1.82, 2.24) is 0 Å². The number of rotatable bonds is 3. The summed E-state index contributed by atoms with van der Waals surface area (Å²) in [4.78, 5) is 0. The van der Waals surface area contributed by atoms with E-state index in [1.54, 1.807) is 12.1 Å². The van der Waals surface area contributed by atoms with Gasteiger partial charge in [-0.3, -0.25) is 0 Å². The Balaban J connectivity index is 2.24. The van der Waals surface area contributed by atoms with Crippen LogP contribution in [-0.2, 0) is 12.0 Å². The van der Waals surface area contributed by atoms with Crippen LogP contribution in [0.25, 0.3) is 0 Å². The summed E-state index contributed by atoms with van der Waals surface area (Å²) in [6, 6.07) is 12.5. The number of ether oxygens (including phenoxy) is 1. The third-order valence-corrected chi connectivity index (χ3v) is 3.48. The van der Waals surface area contributed by atoms with Crippen molar-refractivity contribution in [3.05, 3.63) is 64.4 Å². The van der Waals surface area contributed by atoms with Gasteiger partial charge < -0.3 is 4.74 Å². The molecule has 0 unspecified atom stereocenters. The van der Waals surface area contributed by atoms with E-state index < -0.39 is 0 Å². The lowest BCUT2D eigenvalue weighted by molar-refractivity contribution is 0.292. The molecule has 0 aliphatic carbocycles. The molecule has 2 aromatic carbocycles. The third kappa shape index (κ3) is 3.31. The van der Waals surface area contributed by atoms with Crippen molar-refractivity contribution >= 4 is 11.6 Å². The van der Waals surface area contributed by atoms with Crippen molar-refractivity contribution in [3.8, 4) is 5.75 Å². The van der Waals surface area contributed by atoms with Crippen LogP contribution in [0.15, 0.2) is 42.5 Å². The number of halogens is 2. The Kier molecular flexibility index (Phi) is 4.34. The predicted molar refractivity (Wildman–Crippen MR) is 80.9 cm³/mol. The molecule has 0 aliphatic rings. The smallest absolute Gasteiger partial charge is 0.131 e. The van der Waals surface area contributed by atoms with Gasteiger partial charge in [-0.05, 0) is 29.2 Å². The average Bonchev–Trinajstić information content (AvgIpc) is 2.37. The van der Waals surface area contributed by atoms with E-state index in [1.807, 2.05) is 24.3 Å². The molecule has 1 nitrogen and oxygen atoms in total. The highest BCUT2D eigenvalue weighted by Crippen LogP contribution is 2.32. The SMILES string of the molecule is CC(C)(C)c1ccccc1OCc1c(F)cccc1Cl. The Bertz CT molecular complexity index is 582. The molecule has 0 heterocycles. The molecule has 0 bridgehead atoms. The van der Waals surface area contributed by atoms with Crippen LogP contribution in [0.3, 0.4) is 0 Å². The van der Waals surface area contributed by atoms with Gasteiger partial charge in [0.15, 0.2) is 0 Å². The van der Waals surface area contributed by atoms with Gasteiger partial charge in [-0.1, -0.05) is 56.6 Å². The topological polar surface area (TPSA) is 9.23 Å². The second-order valence-electron chi connectivity index (χ2n) is 5.74. The van der Waals surface area contributed by atoms with Gasteiger partial charge in [-0.25, -0.2) is 4.39 Å². The maximum absolute atomic E-state index is 13.7. The number of para-hydroxylation sites is 1. The Morgan fingerprint density at radius 3 is 2.40 bits per heavy atom. The fourth-order valence-corrected chi connectivity index (χ4v) is 2.25. The number of hydrogen-bond donors (Lipinski definition) is 0. The molecular formula is C17H18ClFO. The molecule has 0 aliphatic heterocycles. The van der Waals surface area contributed by atoms with Crippen LogP contribution in [0.5, 0.6) is 5.75 Å². The highest BCUT2D eigenvalue weighted by Gasteiger charge is 2.19. The Morgan fingerprint density at radius 2 is 1.75 bits per heavy atom. The largest absolute Gasteiger partial charge is 0.488 e. The first kappa shape index (κ1) is 14.9. The lowest BCUT2D eigenvalue weighted by Crippen LogP contribution is -2.13. The van der Waals surface area contributed by atoms with Crippen LogP contribution in [0.4, 0.5) is 4.39 Å². The summed E-state index contributed by atoms with van der Waals surface area (Å²) in [6.45, 7) is 6.47. The van der Waals surface area contributed by atoms with Crippen molar-refractivity contribution in [2.75, 3.05) is 0 Å². The molecule has 2 aromatic rings. The Hall–Kier alpha value is -1.54. The lowest BCUT2D eigenvalue weighted by Gasteiger charge is -2.22. The Morgan fingerprint density at radius 1 is 1.05 bits per heavy atom. The van der Waals surface area contributed by atoms with E-state index in [9.17, 15) is 4.39 Å². The fraction of sp³-hybridized carbons (Fsp3) is 0.294. The molecule has 0 atom stereocenters. The molecule has 2 rings (SSSR count). The van der Waals surface area contributed by atoms with Gasteiger partial charge in [0.1, 0.15) is 18.2 Å². The monoisotopic (exact) mass is 292 g/mol. The van der Waals surface area contributed by atoms with Crippen LogP contribution in [0.2, 0.25) is 5.02 Å². The number of benzene rings is 2. The van der Waals surface area contributed by atoms with E-state index in [2.05, 4.69) is 20.8 Å². The summed E-state index contributed by atoms with van der Waals surface area (Å²) in [5, 5.41) is 0.387. The van der Waals surface area contributed by atoms with Crippen molar-refractivity contribution in [3.63, 3.8) is 0 Å². The first-order chi connectivity index (χ1) is 9.39. The standard InChI is InChI=1S/C17H18ClFO/c1-17(2,3)13-7-4-5-10-16(13)20-11-12-14(18)8-6-9-15(12)19/h4-10H,11H2,1-3H3. The minimum absolute atomic E-state index is 0.0321. The third-order valence-electron chi connectivity index (χ3n) is 3.13. The summed E-state index contributed by atoms with van der Waals surface area (Å²) < 4.78 is 19.5. The molecule has 0 spiro atoms. The van der Waals surface area contributed by atoms with Crippen molar-refractivity contribution in [1.29, 1.82) is 0 Å². The van der Waals surface area contributed by atoms with Gasteiger partial charge in [-0.15, -0.1) is 0 Å². The maximum Gasteiger partial charge on any atom is 0.131 e. The molecule has 0 amide bonds. The Labute approximate surface area is 124 Å². The van der Waals surface area contributed by atoms with Gasteiger partial charge in [0, 0.05) is 5.56 Å². The van der Waals surface area contributed by atoms with E-state index in [0.717, 1.165) is 11.3 Å². The number of hydrogen-bond acceptors (Lipinski definition) is 1. The van der Waals surface area contributed by atoms with Gasteiger partial charge >= 0.3 is 0 Å². The van der Waals surface area contributed by atoms with Crippen LogP contribution in [0, 0.1) is 5.82 Å². The zero-order valence-corrected chi connectivity index (χ0v) is 12.7. The summed E-state index contributed by atoms with van der Waals surface area (Å²) in [7, 11) is 0. The molecule has 0 saturated heterocycles. The van der Waals surface area contributed by atoms with Gasteiger partial charge in [0.25, 0.3) is 0 Å². The van der Waals surface area contributed by atoms with Crippen LogP contribution in [0.1, 0.15) is 31.9 Å². The molecule has 106 valence electrons. The highest BCUT2D eigenvalue weighted by atomic mass is 35.5.